The molecule has 0 saturated carbocycles. The quantitative estimate of drug-likeness (QED) is 0.937. The van der Waals surface area contributed by atoms with Crippen LogP contribution in [0.25, 0.3) is 0 Å². The van der Waals surface area contributed by atoms with Crippen molar-refractivity contribution in [2.24, 2.45) is 0 Å². The third-order valence-corrected chi connectivity index (χ3v) is 3.35. The lowest BCUT2D eigenvalue weighted by Gasteiger charge is -2.15. The van der Waals surface area contributed by atoms with Crippen molar-refractivity contribution < 1.29 is 19.0 Å². The Hall–Kier alpha value is -2.40. The van der Waals surface area contributed by atoms with Gasteiger partial charge in [-0.05, 0) is 37.3 Å². The van der Waals surface area contributed by atoms with Gasteiger partial charge in [0, 0.05) is 16.8 Å². The highest BCUT2D eigenvalue weighted by molar-refractivity contribution is 6.30. The normalized spacial score (nSPS) is 13.5. The summed E-state index contributed by atoms with van der Waals surface area (Å²) in [6.45, 7) is 1.87. The second kappa shape index (κ2) is 6.15. The van der Waals surface area contributed by atoms with Crippen molar-refractivity contribution >= 4 is 23.2 Å². The van der Waals surface area contributed by atoms with Gasteiger partial charge >= 0.3 is 0 Å². The molecule has 1 atom stereocenters. The van der Waals surface area contributed by atoms with Gasteiger partial charge in [0.15, 0.2) is 17.6 Å². The number of carbonyl (C=O) groups is 1. The molecule has 1 aliphatic heterocycles. The van der Waals surface area contributed by atoms with E-state index in [1.807, 2.05) is 0 Å². The number of halogens is 1. The van der Waals surface area contributed by atoms with E-state index >= 15 is 0 Å². The minimum absolute atomic E-state index is 0.198. The Morgan fingerprint density at radius 1 is 1.23 bits per heavy atom. The van der Waals surface area contributed by atoms with E-state index in [1.165, 1.54) is 0 Å². The highest BCUT2D eigenvalue weighted by Gasteiger charge is 2.18. The van der Waals surface area contributed by atoms with Crippen LogP contribution in [0.1, 0.15) is 6.92 Å². The maximum atomic E-state index is 12.1. The lowest BCUT2D eigenvalue weighted by molar-refractivity contribution is -0.122. The van der Waals surface area contributed by atoms with Gasteiger partial charge in [-0.1, -0.05) is 17.7 Å². The van der Waals surface area contributed by atoms with E-state index in [0.717, 1.165) is 0 Å². The lowest BCUT2D eigenvalue weighted by atomic mass is 10.2. The fraction of sp³-hybridized carbons (Fsp3) is 0.188. The average molecular weight is 320 g/mol. The Morgan fingerprint density at radius 2 is 2.05 bits per heavy atom. The molecule has 0 radical (unpaired) electrons. The van der Waals surface area contributed by atoms with Crippen LogP contribution < -0.4 is 19.5 Å². The zero-order chi connectivity index (χ0) is 15.5. The lowest BCUT2D eigenvalue weighted by Crippen LogP contribution is -2.30. The fourth-order valence-electron chi connectivity index (χ4n) is 2.02. The molecule has 0 aliphatic carbocycles. The van der Waals surface area contributed by atoms with Gasteiger partial charge in [-0.3, -0.25) is 4.79 Å². The summed E-state index contributed by atoms with van der Waals surface area (Å²) in [6.07, 6.45) is -0.667. The topological polar surface area (TPSA) is 56.8 Å². The van der Waals surface area contributed by atoms with Crippen LogP contribution in [0.5, 0.6) is 17.2 Å². The molecule has 0 aromatic heterocycles. The van der Waals surface area contributed by atoms with Crippen LogP contribution in [0, 0.1) is 0 Å². The third-order valence-electron chi connectivity index (χ3n) is 3.12. The maximum absolute atomic E-state index is 12.1. The Labute approximate surface area is 132 Å². The summed E-state index contributed by atoms with van der Waals surface area (Å²) in [6, 6.07) is 12.1. The molecule has 5 nitrogen and oxygen atoms in total. The van der Waals surface area contributed by atoms with Crippen LogP contribution in [-0.4, -0.2) is 18.8 Å². The first-order valence-electron chi connectivity index (χ1n) is 6.74. The molecule has 6 heteroatoms. The van der Waals surface area contributed by atoms with E-state index in [2.05, 4.69) is 5.32 Å². The number of ether oxygens (including phenoxy) is 3. The van der Waals surface area contributed by atoms with Crippen molar-refractivity contribution in [2.45, 2.75) is 13.0 Å². The standard InChI is InChI=1S/C16H14ClNO4/c1-10(16(19)18-12-4-2-3-11(17)7-12)22-13-5-6-14-15(8-13)21-9-20-14/h2-8,10H,9H2,1H3,(H,18,19)/t10-/m1/s1. The Morgan fingerprint density at radius 3 is 2.86 bits per heavy atom. The average Bonchev–Trinajstić information content (AvgIpc) is 2.94. The number of nitrogens with one attached hydrogen (secondary N) is 1. The zero-order valence-corrected chi connectivity index (χ0v) is 12.6. The second-order valence-electron chi connectivity index (χ2n) is 4.77. The van der Waals surface area contributed by atoms with Crippen LogP contribution >= 0.6 is 11.6 Å². The number of fused-ring (bicyclic) bond motifs is 1. The van der Waals surface area contributed by atoms with E-state index < -0.39 is 6.10 Å². The summed E-state index contributed by atoms with van der Waals surface area (Å²) >= 11 is 5.88. The SMILES string of the molecule is C[C@@H](Oc1ccc2c(c1)OCO2)C(=O)Nc1cccc(Cl)c1. The number of amides is 1. The van der Waals surface area contributed by atoms with Gasteiger partial charge in [0.1, 0.15) is 5.75 Å². The van der Waals surface area contributed by atoms with Crippen molar-refractivity contribution in [3.05, 3.63) is 47.5 Å². The minimum Gasteiger partial charge on any atom is -0.481 e. The molecule has 2 aromatic rings. The molecule has 0 spiro atoms. The summed E-state index contributed by atoms with van der Waals surface area (Å²) in [5.74, 6) is 1.56. The van der Waals surface area contributed by atoms with E-state index in [1.54, 1.807) is 49.4 Å². The van der Waals surface area contributed by atoms with Crippen molar-refractivity contribution in [1.82, 2.24) is 0 Å². The molecule has 0 unspecified atom stereocenters. The molecule has 1 aliphatic rings. The number of rotatable bonds is 4. The van der Waals surface area contributed by atoms with Crippen LogP contribution in [0.15, 0.2) is 42.5 Å². The molecule has 0 bridgehead atoms. The molecular formula is C16H14ClNO4. The van der Waals surface area contributed by atoms with Crippen molar-refractivity contribution in [2.75, 3.05) is 12.1 Å². The van der Waals surface area contributed by atoms with Crippen molar-refractivity contribution in [1.29, 1.82) is 0 Å². The number of hydrogen-bond acceptors (Lipinski definition) is 4. The van der Waals surface area contributed by atoms with Crippen molar-refractivity contribution in [3.63, 3.8) is 0 Å². The Balaban J connectivity index is 1.63. The van der Waals surface area contributed by atoms with Crippen LogP contribution in [0.3, 0.4) is 0 Å². The summed E-state index contributed by atoms with van der Waals surface area (Å²) in [4.78, 5) is 12.1. The van der Waals surface area contributed by atoms with Gasteiger partial charge < -0.3 is 19.5 Å². The first-order valence-corrected chi connectivity index (χ1v) is 7.12. The summed E-state index contributed by atoms with van der Waals surface area (Å²) in [5, 5.41) is 3.31. The first kappa shape index (κ1) is 14.5. The van der Waals surface area contributed by atoms with Gasteiger partial charge in [-0.15, -0.1) is 0 Å². The molecule has 2 aromatic carbocycles. The smallest absolute Gasteiger partial charge is 0.265 e. The predicted octanol–water partition coefficient (Wildman–Crippen LogP) is 3.47. The van der Waals surface area contributed by atoms with Gasteiger partial charge in [0.2, 0.25) is 6.79 Å². The van der Waals surface area contributed by atoms with Crippen molar-refractivity contribution in [3.8, 4) is 17.2 Å². The molecule has 1 heterocycles. The van der Waals surface area contributed by atoms with Crippen LogP contribution in [0.2, 0.25) is 5.02 Å². The number of anilines is 1. The second-order valence-corrected chi connectivity index (χ2v) is 5.21. The molecule has 114 valence electrons. The summed E-state index contributed by atoms with van der Waals surface area (Å²) in [7, 11) is 0. The largest absolute Gasteiger partial charge is 0.481 e. The molecule has 1 N–H and O–H groups in total. The summed E-state index contributed by atoms with van der Waals surface area (Å²) in [5.41, 5.74) is 0.624. The van der Waals surface area contributed by atoms with E-state index in [4.69, 9.17) is 25.8 Å². The number of hydrogen-bond donors (Lipinski definition) is 1. The summed E-state index contributed by atoms with van der Waals surface area (Å²) < 4.78 is 16.1. The number of benzene rings is 2. The molecular weight excluding hydrogens is 306 g/mol. The van der Waals surface area contributed by atoms with Crippen LogP contribution in [-0.2, 0) is 4.79 Å². The Kier molecular flexibility index (Phi) is 4.06. The number of carbonyl (C=O) groups excluding carboxylic acids is 1. The highest BCUT2D eigenvalue weighted by Crippen LogP contribution is 2.35. The third kappa shape index (κ3) is 3.26. The van der Waals surface area contributed by atoms with E-state index in [0.29, 0.717) is 28.0 Å². The van der Waals surface area contributed by atoms with Gasteiger partial charge in [0.25, 0.3) is 5.91 Å². The van der Waals surface area contributed by atoms with E-state index in [-0.39, 0.29) is 12.7 Å². The molecule has 3 rings (SSSR count). The van der Waals surface area contributed by atoms with Gasteiger partial charge in [0.05, 0.1) is 0 Å². The zero-order valence-electron chi connectivity index (χ0n) is 11.8. The monoisotopic (exact) mass is 319 g/mol. The fourth-order valence-corrected chi connectivity index (χ4v) is 2.21. The molecule has 1 amide bonds. The maximum Gasteiger partial charge on any atom is 0.265 e. The van der Waals surface area contributed by atoms with Gasteiger partial charge in [-0.25, -0.2) is 0 Å². The predicted molar refractivity (Wildman–Crippen MR) is 82.7 cm³/mol. The molecule has 22 heavy (non-hydrogen) atoms. The minimum atomic E-state index is -0.667. The highest BCUT2D eigenvalue weighted by atomic mass is 35.5. The Bertz CT molecular complexity index is 704. The molecule has 0 fully saturated rings. The van der Waals surface area contributed by atoms with Crippen LogP contribution in [0.4, 0.5) is 5.69 Å². The molecule has 0 saturated heterocycles. The van der Waals surface area contributed by atoms with Gasteiger partial charge in [-0.2, -0.15) is 0 Å². The van der Waals surface area contributed by atoms with E-state index in [9.17, 15) is 4.79 Å². The first-order chi connectivity index (χ1) is 10.6.